The van der Waals surface area contributed by atoms with E-state index in [4.69, 9.17) is 27.9 Å². The number of fused-ring (bicyclic) bond motifs is 1. The van der Waals surface area contributed by atoms with Crippen LogP contribution in [0.1, 0.15) is 31.8 Å². The van der Waals surface area contributed by atoms with E-state index in [0.717, 1.165) is 22.4 Å². The average molecular weight is 599 g/mol. The van der Waals surface area contributed by atoms with E-state index in [1.54, 1.807) is 0 Å². The van der Waals surface area contributed by atoms with Crippen LogP contribution < -0.4 is 4.74 Å². The molecular weight excluding hydrogens is 580 g/mol. The van der Waals surface area contributed by atoms with E-state index in [2.05, 4.69) is 5.10 Å². The quantitative estimate of drug-likeness (QED) is 0.205. The lowest BCUT2D eigenvalue weighted by Gasteiger charge is -2.13. The van der Waals surface area contributed by atoms with Crippen LogP contribution in [0, 0.1) is 0 Å². The standard InChI is InChI=1S/C30H19Cl2F3N2O4/c31-19-10-12-24-21(16-19)27(36-37(24)28(38)26-22(30(33,34)35)7-4-8-23(26)32)20-11-9-18(29(39)40)15-25(20)41-14-13-17-5-2-1-3-6-17/h1-12,15-16H,13-14H2,(H,39,40). The zero-order valence-electron chi connectivity index (χ0n) is 21.0. The molecule has 0 amide bonds. The van der Waals surface area contributed by atoms with E-state index < -0.39 is 29.2 Å². The number of rotatable bonds is 7. The summed E-state index contributed by atoms with van der Waals surface area (Å²) in [6.45, 7) is 0.187. The largest absolute Gasteiger partial charge is 0.493 e. The van der Waals surface area contributed by atoms with Gasteiger partial charge in [-0.25, -0.2) is 4.79 Å². The number of alkyl halides is 3. The molecule has 0 fully saturated rings. The van der Waals surface area contributed by atoms with Gasteiger partial charge in [0.15, 0.2) is 0 Å². The SMILES string of the molecule is O=C(O)c1ccc(-c2nn(C(=O)c3c(Cl)cccc3C(F)(F)F)c3ccc(Cl)cc23)c(OCCc2ccccc2)c1. The van der Waals surface area contributed by atoms with Crippen LogP contribution in [-0.2, 0) is 12.6 Å². The van der Waals surface area contributed by atoms with E-state index in [0.29, 0.717) is 17.4 Å². The molecule has 4 aromatic carbocycles. The van der Waals surface area contributed by atoms with Gasteiger partial charge in [-0.2, -0.15) is 23.0 Å². The number of halogens is 5. The van der Waals surface area contributed by atoms with Crippen LogP contribution in [0.4, 0.5) is 13.2 Å². The molecule has 0 atom stereocenters. The normalized spacial score (nSPS) is 11.5. The maximum absolute atomic E-state index is 13.8. The van der Waals surface area contributed by atoms with Gasteiger partial charge in [0.2, 0.25) is 0 Å². The first-order valence-electron chi connectivity index (χ1n) is 12.2. The third-order valence-corrected chi connectivity index (χ3v) is 6.89. The number of carboxylic acids is 1. The fraction of sp³-hybridized carbons (Fsp3) is 0.100. The van der Waals surface area contributed by atoms with Gasteiger partial charge in [-0.3, -0.25) is 4.79 Å². The summed E-state index contributed by atoms with van der Waals surface area (Å²) in [6, 6.07) is 21.1. The molecule has 6 nitrogen and oxygen atoms in total. The van der Waals surface area contributed by atoms with E-state index in [9.17, 15) is 27.9 Å². The maximum Gasteiger partial charge on any atom is 0.417 e. The van der Waals surface area contributed by atoms with Gasteiger partial charge in [-0.15, -0.1) is 0 Å². The monoisotopic (exact) mass is 598 g/mol. The van der Waals surface area contributed by atoms with Crippen molar-refractivity contribution in [1.82, 2.24) is 9.78 Å². The molecular formula is C30H19Cl2F3N2O4. The van der Waals surface area contributed by atoms with Crippen LogP contribution in [-0.4, -0.2) is 33.4 Å². The van der Waals surface area contributed by atoms with Crippen LogP contribution in [0.15, 0.2) is 84.9 Å². The molecule has 5 aromatic rings. The van der Waals surface area contributed by atoms with Crippen molar-refractivity contribution in [1.29, 1.82) is 0 Å². The summed E-state index contributed by atoms with van der Waals surface area (Å²) >= 11 is 12.4. The molecule has 0 bridgehead atoms. The minimum atomic E-state index is -4.85. The molecule has 0 aliphatic carbocycles. The van der Waals surface area contributed by atoms with Crippen LogP contribution in [0.5, 0.6) is 5.75 Å². The molecule has 0 radical (unpaired) electrons. The Morgan fingerprint density at radius 3 is 2.39 bits per heavy atom. The third kappa shape index (κ3) is 5.77. The Balaban J connectivity index is 1.65. The lowest BCUT2D eigenvalue weighted by atomic mass is 10.0. The van der Waals surface area contributed by atoms with Crippen molar-refractivity contribution in [3.8, 4) is 17.0 Å². The molecule has 1 aromatic heterocycles. The van der Waals surface area contributed by atoms with Crippen molar-refractivity contribution in [2.45, 2.75) is 12.6 Å². The first-order chi connectivity index (χ1) is 19.5. The number of aromatic carboxylic acids is 1. The molecule has 1 N–H and O–H groups in total. The van der Waals surface area contributed by atoms with E-state index >= 15 is 0 Å². The summed E-state index contributed by atoms with van der Waals surface area (Å²) in [5.74, 6) is -2.12. The van der Waals surface area contributed by atoms with Crippen molar-refractivity contribution >= 4 is 46.0 Å². The predicted octanol–water partition coefficient (Wildman–Crippen LogP) is 8.04. The van der Waals surface area contributed by atoms with Crippen molar-refractivity contribution in [3.05, 3.63) is 117 Å². The fourth-order valence-electron chi connectivity index (χ4n) is 4.42. The Morgan fingerprint density at radius 2 is 1.68 bits per heavy atom. The Labute approximate surface area is 241 Å². The number of ether oxygens (including phenoxy) is 1. The van der Waals surface area contributed by atoms with E-state index in [-0.39, 0.29) is 39.2 Å². The van der Waals surface area contributed by atoms with Gasteiger partial charge in [0.1, 0.15) is 11.4 Å². The second kappa shape index (κ2) is 11.3. The van der Waals surface area contributed by atoms with Crippen LogP contribution in [0.3, 0.4) is 0 Å². The van der Waals surface area contributed by atoms with Gasteiger partial charge >= 0.3 is 12.1 Å². The van der Waals surface area contributed by atoms with Gasteiger partial charge < -0.3 is 9.84 Å². The molecule has 0 spiro atoms. The molecule has 0 aliphatic heterocycles. The van der Waals surface area contributed by atoms with Gasteiger partial charge in [-0.1, -0.05) is 59.6 Å². The number of carbonyl (C=O) groups is 2. The lowest BCUT2D eigenvalue weighted by Crippen LogP contribution is -2.20. The van der Waals surface area contributed by atoms with E-state index in [1.807, 2.05) is 30.3 Å². The Bertz CT molecular complexity index is 1790. The summed E-state index contributed by atoms with van der Waals surface area (Å²) < 4.78 is 48.3. The number of nitrogens with zero attached hydrogens (tertiary/aromatic N) is 2. The highest BCUT2D eigenvalue weighted by molar-refractivity contribution is 6.34. The number of carboxylic acid groups (broad SMARTS) is 1. The summed E-state index contributed by atoms with van der Waals surface area (Å²) in [7, 11) is 0. The number of hydrogen-bond acceptors (Lipinski definition) is 4. The van der Waals surface area contributed by atoms with Gasteiger partial charge in [0.25, 0.3) is 5.91 Å². The zero-order chi connectivity index (χ0) is 29.3. The topological polar surface area (TPSA) is 81.4 Å². The maximum atomic E-state index is 13.8. The molecule has 0 saturated carbocycles. The number of aromatic nitrogens is 2. The first-order valence-corrected chi connectivity index (χ1v) is 12.9. The highest BCUT2D eigenvalue weighted by Gasteiger charge is 2.37. The molecule has 1 heterocycles. The summed E-state index contributed by atoms with van der Waals surface area (Å²) in [5.41, 5.74) is -0.374. The fourth-order valence-corrected chi connectivity index (χ4v) is 4.85. The summed E-state index contributed by atoms with van der Waals surface area (Å²) in [4.78, 5) is 25.3. The van der Waals surface area contributed by atoms with Crippen LogP contribution in [0.25, 0.3) is 22.2 Å². The van der Waals surface area contributed by atoms with Crippen molar-refractivity contribution in [2.75, 3.05) is 6.61 Å². The highest BCUT2D eigenvalue weighted by Crippen LogP contribution is 2.39. The molecule has 0 saturated heterocycles. The highest BCUT2D eigenvalue weighted by atomic mass is 35.5. The Hall–Kier alpha value is -4.34. The van der Waals surface area contributed by atoms with Gasteiger partial charge in [0, 0.05) is 22.4 Å². The lowest BCUT2D eigenvalue weighted by molar-refractivity contribution is -0.137. The van der Waals surface area contributed by atoms with Crippen molar-refractivity contribution < 1.29 is 32.6 Å². The Kier molecular flexibility index (Phi) is 7.75. The molecule has 0 unspecified atom stereocenters. The zero-order valence-corrected chi connectivity index (χ0v) is 22.5. The van der Waals surface area contributed by atoms with Crippen LogP contribution >= 0.6 is 23.2 Å². The molecule has 11 heteroatoms. The molecule has 0 aliphatic rings. The summed E-state index contributed by atoms with van der Waals surface area (Å²) in [6.07, 6.45) is -4.33. The molecule has 208 valence electrons. The number of benzene rings is 4. The minimum Gasteiger partial charge on any atom is -0.493 e. The first kappa shape index (κ1) is 28.2. The van der Waals surface area contributed by atoms with Crippen molar-refractivity contribution in [2.24, 2.45) is 0 Å². The van der Waals surface area contributed by atoms with Crippen LogP contribution in [0.2, 0.25) is 10.0 Å². The third-order valence-electron chi connectivity index (χ3n) is 6.34. The smallest absolute Gasteiger partial charge is 0.417 e. The van der Waals surface area contributed by atoms with Crippen molar-refractivity contribution in [3.63, 3.8) is 0 Å². The number of hydrogen-bond donors (Lipinski definition) is 1. The molecule has 5 rings (SSSR count). The minimum absolute atomic E-state index is 0.0489. The second-order valence-corrected chi connectivity index (χ2v) is 9.83. The Morgan fingerprint density at radius 1 is 0.927 bits per heavy atom. The summed E-state index contributed by atoms with van der Waals surface area (Å²) in [5, 5.41) is 14.2. The van der Waals surface area contributed by atoms with Gasteiger partial charge in [0.05, 0.1) is 33.8 Å². The molecule has 41 heavy (non-hydrogen) atoms. The average Bonchev–Trinajstić information content (AvgIpc) is 3.31. The second-order valence-electron chi connectivity index (χ2n) is 8.99. The number of carbonyl (C=O) groups excluding carboxylic acids is 1. The predicted molar refractivity (Wildman–Crippen MR) is 149 cm³/mol. The van der Waals surface area contributed by atoms with E-state index in [1.165, 1.54) is 42.5 Å². The van der Waals surface area contributed by atoms with Gasteiger partial charge in [-0.05, 0) is 54.1 Å².